The molecule has 0 saturated heterocycles. The van der Waals surface area contributed by atoms with Crippen molar-refractivity contribution in [2.24, 2.45) is 0 Å². The van der Waals surface area contributed by atoms with Crippen molar-refractivity contribution < 1.29 is 9.53 Å². The highest BCUT2D eigenvalue weighted by atomic mass is 35.5. The van der Waals surface area contributed by atoms with Gasteiger partial charge in [-0.15, -0.1) is 5.10 Å². The number of benzene rings is 1. The maximum absolute atomic E-state index is 12.4. The van der Waals surface area contributed by atoms with Gasteiger partial charge in [-0.3, -0.25) is 9.78 Å². The van der Waals surface area contributed by atoms with Gasteiger partial charge in [0.05, 0.1) is 31.1 Å². The van der Waals surface area contributed by atoms with Gasteiger partial charge >= 0.3 is 0 Å². The van der Waals surface area contributed by atoms with Gasteiger partial charge in [0.1, 0.15) is 6.10 Å². The summed E-state index contributed by atoms with van der Waals surface area (Å²) < 4.78 is 7.63. The van der Waals surface area contributed by atoms with E-state index in [1.54, 1.807) is 10.9 Å². The van der Waals surface area contributed by atoms with E-state index in [9.17, 15) is 4.79 Å². The Labute approximate surface area is 155 Å². The first-order valence-electron chi connectivity index (χ1n) is 8.18. The molecule has 0 fully saturated rings. The predicted octanol–water partition coefficient (Wildman–Crippen LogP) is 2.53. The third kappa shape index (κ3) is 3.44. The van der Waals surface area contributed by atoms with Crippen molar-refractivity contribution in [3.63, 3.8) is 0 Å². The monoisotopic (exact) mass is 369 g/mol. The zero-order chi connectivity index (χ0) is 17.9. The van der Waals surface area contributed by atoms with E-state index in [4.69, 9.17) is 16.3 Å². The molecule has 1 aliphatic heterocycles. The number of nitrogens with one attached hydrogen (secondary N) is 1. The number of pyridine rings is 1. The average molecular weight is 370 g/mol. The molecule has 8 heteroatoms. The van der Waals surface area contributed by atoms with Crippen LogP contribution in [0.25, 0.3) is 0 Å². The molecule has 3 aromatic rings. The summed E-state index contributed by atoms with van der Waals surface area (Å²) in [6.45, 7) is 1.10. The van der Waals surface area contributed by atoms with Crippen molar-refractivity contribution >= 4 is 17.5 Å². The Bertz CT molecular complexity index is 911. The van der Waals surface area contributed by atoms with Crippen LogP contribution in [-0.4, -0.2) is 25.9 Å². The van der Waals surface area contributed by atoms with E-state index < -0.39 is 0 Å². The third-order valence-electron chi connectivity index (χ3n) is 4.21. The Kier molecular flexibility index (Phi) is 4.64. The molecule has 132 valence electrons. The van der Waals surface area contributed by atoms with Crippen molar-refractivity contribution in [3.05, 3.63) is 76.3 Å². The Morgan fingerprint density at radius 1 is 1.27 bits per heavy atom. The second-order valence-corrected chi connectivity index (χ2v) is 6.36. The molecule has 0 spiro atoms. The van der Waals surface area contributed by atoms with Gasteiger partial charge in [0.15, 0.2) is 5.69 Å². The summed E-state index contributed by atoms with van der Waals surface area (Å²) in [7, 11) is 0. The molecule has 1 N–H and O–H groups in total. The van der Waals surface area contributed by atoms with Crippen LogP contribution in [0.4, 0.5) is 0 Å². The lowest BCUT2D eigenvalue weighted by Crippen LogP contribution is -2.27. The molecule has 0 radical (unpaired) electrons. The minimum Gasteiger partial charge on any atom is -0.365 e. The normalized spacial score (nSPS) is 16.1. The number of halogens is 1. The van der Waals surface area contributed by atoms with Crippen LogP contribution in [0.15, 0.2) is 48.7 Å². The molecule has 4 rings (SSSR count). The van der Waals surface area contributed by atoms with Gasteiger partial charge in [0.2, 0.25) is 0 Å². The zero-order valence-electron chi connectivity index (χ0n) is 13.8. The number of rotatable bonds is 4. The summed E-state index contributed by atoms with van der Waals surface area (Å²) in [6, 6.07) is 13.1. The van der Waals surface area contributed by atoms with Crippen molar-refractivity contribution in [1.82, 2.24) is 25.3 Å². The molecule has 0 saturated carbocycles. The highest BCUT2D eigenvalue weighted by Crippen LogP contribution is 2.27. The maximum Gasteiger partial charge on any atom is 0.274 e. The van der Waals surface area contributed by atoms with Gasteiger partial charge in [-0.05, 0) is 29.8 Å². The molecule has 1 amide bonds. The molecule has 1 aliphatic rings. The van der Waals surface area contributed by atoms with Crippen LogP contribution in [0.5, 0.6) is 0 Å². The first-order valence-corrected chi connectivity index (χ1v) is 8.56. The van der Waals surface area contributed by atoms with Crippen LogP contribution in [0.2, 0.25) is 5.02 Å². The number of carbonyl (C=O) groups excluding carboxylic acids is 1. The van der Waals surface area contributed by atoms with Gasteiger partial charge in [0.25, 0.3) is 5.91 Å². The SMILES string of the molecule is O=C(NCc1ccccn1)c1nnn2c1COC(c1ccc(Cl)cc1)C2. The van der Waals surface area contributed by atoms with Crippen molar-refractivity contribution in [3.8, 4) is 0 Å². The Morgan fingerprint density at radius 3 is 2.88 bits per heavy atom. The van der Waals surface area contributed by atoms with E-state index in [2.05, 4.69) is 20.6 Å². The summed E-state index contributed by atoms with van der Waals surface area (Å²) in [5.74, 6) is -0.287. The molecule has 3 heterocycles. The quantitative estimate of drug-likeness (QED) is 0.764. The minimum atomic E-state index is -0.287. The lowest BCUT2D eigenvalue weighted by Gasteiger charge is -2.24. The number of fused-ring (bicyclic) bond motifs is 1. The van der Waals surface area contributed by atoms with Crippen LogP contribution in [0.3, 0.4) is 0 Å². The number of carbonyl (C=O) groups is 1. The van der Waals surface area contributed by atoms with E-state index in [0.29, 0.717) is 23.8 Å². The third-order valence-corrected chi connectivity index (χ3v) is 4.46. The molecule has 0 aliphatic carbocycles. The summed E-state index contributed by atoms with van der Waals surface area (Å²) in [5.41, 5.74) is 2.75. The Hall–Kier alpha value is -2.77. The van der Waals surface area contributed by atoms with Crippen LogP contribution in [-0.2, 0) is 24.4 Å². The summed E-state index contributed by atoms with van der Waals surface area (Å²) in [4.78, 5) is 16.6. The molecule has 2 aromatic heterocycles. The van der Waals surface area contributed by atoms with E-state index in [-0.39, 0.29) is 24.3 Å². The summed E-state index contributed by atoms with van der Waals surface area (Å²) >= 11 is 5.93. The molecule has 0 bridgehead atoms. The fourth-order valence-electron chi connectivity index (χ4n) is 2.82. The molecular weight excluding hydrogens is 354 g/mol. The first kappa shape index (κ1) is 16.7. The van der Waals surface area contributed by atoms with Crippen LogP contribution >= 0.6 is 11.6 Å². The molecule has 1 atom stereocenters. The second-order valence-electron chi connectivity index (χ2n) is 5.92. The highest BCUT2D eigenvalue weighted by Gasteiger charge is 2.27. The Morgan fingerprint density at radius 2 is 2.12 bits per heavy atom. The van der Waals surface area contributed by atoms with Gasteiger partial charge in [-0.1, -0.05) is 35.0 Å². The second kappa shape index (κ2) is 7.23. The Balaban J connectivity index is 1.45. The van der Waals surface area contributed by atoms with Crippen LogP contribution in [0, 0.1) is 0 Å². The number of hydrogen-bond donors (Lipinski definition) is 1. The molecule has 1 aromatic carbocycles. The lowest BCUT2D eigenvalue weighted by molar-refractivity contribution is -0.00177. The first-order chi connectivity index (χ1) is 12.7. The fraction of sp³-hybridized carbons (Fsp3) is 0.222. The van der Waals surface area contributed by atoms with Crippen molar-refractivity contribution in [1.29, 1.82) is 0 Å². The molecule has 1 unspecified atom stereocenters. The molecule has 26 heavy (non-hydrogen) atoms. The molecular formula is C18H16ClN5O2. The van der Waals surface area contributed by atoms with Gasteiger partial charge < -0.3 is 10.1 Å². The van der Waals surface area contributed by atoms with Gasteiger partial charge in [-0.2, -0.15) is 0 Å². The number of hydrogen-bond acceptors (Lipinski definition) is 5. The highest BCUT2D eigenvalue weighted by molar-refractivity contribution is 6.30. The average Bonchev–Trinajstić information content (AvgIpc) is 3.11. The maximum atomic E-state index is 12.4. The number of nitrogens with zero attached hydrogens (tertiary/aromatic N) is 4. The van der Waals surface area contributed by atoms with Crippen LogP contribution in [0.1, 0.15) is 33.5 Å². The number of amides is 1. The number of aromatic nitrogens is 4. The minimum absolute atomic E-state index is 0.147. The number of ether oxygens (including phenoxy) is 1. The van der Waals surface area contributed by atoms with Gasteiger partial charge in [-0.25, -0.2) is 4.68 Å². The lowest BCUT2D eigenvalue weighted by atomic mass is 10.1. The fourth-order valence-corrected chi connectivity index (χ4v) is 2.95. The van der Waals surface area contributed by atoms with Crippen molar-refractivity contribution in [2.45, 2.75) is 25.8 Å². The summed E-state index contributed by atoms with van der Waals surface area (Å²) in [5, 5.41) is 11.6. The summed E-state index contributed by atoms with van der Waals surface area (Å²) in [6.07, 6.45) is 1.54. The van der Waals surface area contributed by atoms with E-state index >= 15 is 0 Å². The van der Waals surface area contributed by atoms with Gasteiger partial charge in [0, 0.05) is 11.2 Å². The topological polar surface area (TPSA) is 81.9 Å². The van der Waals surface area contributed by atoms with E-state index in [0.717, 1.165) is 11.3 Å². The predicted molar refractivity (Wildman–Crippen MR) is 94.4 cm³/mol. The molecule has 7 nitrogen and oxygen atoms in total. The standard InChI is InChI=1S/C18H16ClN5O2/c19-13-6-4-12(5-7-13)16-10-24-15(11-26-16)17(22-23-24)18(25)21-9-14-3-1-2-8-20-14/h1-8,16H,9-11H2,(H,21,25). The smallest absolute Gasteiger partial charge is 0.274 e. The zero-order valence-corrected chi connectivity index (χ0v) is 14.6. The van der Waals surface area contributed by atoms with Crippen LogP contribution < -0.4 is 5.32 Å². The van der Waals surface area contributed by atoms with E-state index in [1.165, 1.54) is 0 Å². The van der Waals surface area contributed by atoms with Crippen molar-refractivity contribution in [2.75, 3.05) is 0 Å². The van der Waals surface area contributed by atoms with E-state index in [1.807, 2.05) is 42.5 Å². The largest absolute Gasteiger partial charge is 0.365 e.